The molecule has 0 aliphatic carbocycles. The van der Waals surface area contributed by atoms with Gasteiger partial charge in [0.2, 0.25) is 0 Å². The molecule has 0 rings (SSSR count). The van der Waals surface area contributed by atoms with E-state index in [0.29, 0.717) is 5.92 Å². The standard InChI is InChI=1S/C6H11IO/c1-5(4-8)3-6(2)7/h3,5,8H,4H2,1-2H3/b6-3-. The minimum absolute atomic E-state index is 0.250. The number of aliphatic hydroxyl groups excluding tert-OH is 1. The SMILES string of the molecule is C/C(I)=C/C(C)CO. The second-order valence-electron chi connectivity index (χ2n) is 1.91. The predicted octanol–water partition coefficient (Wildman–Crippen LogP) is 1.95. The van der Waals surface area contributed by atoms with Crippen LogP contribution in [-0.4, -0.2) is 11.7 Å². The van der Waals surface area contributed by atoms with Gasteiger partial charge in [-0.25, -0.2) is 0 Å². The minimum atomic E-state index is 0.250. The van der Waals surface area contributed by atoms with Crippen LogP contribution in [0.5, 0.6) is 0 Å². The van der Waals surface area contributed by atoms with Crippen LogP contribution in [0.25, 0.3) is 0 Å². The van der Waals surface area contributed by atoms with Crippen molar-refractivity contribution in [3.05, 3.63) is 9.66 Å². The summed E-state index contributed by atoms with van der Waals surface area (Å²) in [5.41, 5.74) is 0. The summed E-state index contributed by atoms with van der Waals surface area (Å²) in [5, 5.41) is 8.54. The number of hydrogen-bond donors (Lipinski definition) is 1. The average molecular weight is 226 g/mol. The van der Waals surface area contributed by atoms with Crippen LogP contribution >= 0.6 is 22.6 Å². The zero-order valence-electron chi connectivity index (χ0n) is 5.19. The van der Waals surface area contributed by atoms with Gasteiger partial charge in [-0.2, -0.15) is 0 Å². The Hall–Kier alpha value is 0.430. The Bertz CT molecular complexity index is 84.5. The molecular formula is C6H11IO. The molecule has 0 aliphatic heterocycles. The summed E-state index contributed by atoms with van der Waals surface area (Å²) in [6.07, 6.45) is 2.04. The summed E-state index contributed by atoms with van der Waals surface area (Å²) in [6, 6.07) is 0. The molecule has 8 heavy (non-hydrogen) atoms. The number of halogens is 1. The van der Waals surface area contributed by atoms with Gasteiger partial charge in [0.1, 0.15) is 0 Å². The third-order valence-corrected chi connectivity index (χ3v) is 1.16. The molecular weight excluding hydrogens is 215 g/mol. The monoisotopic (exact) mass is 226 g/mol. The predicted molar refractivity (Wildman–Crippen MR) is 44.0 cm³/mol. The highest BCUT2D eigenvalue weighted by molar-refractivity contribution is 14.1. The van der Waals surface area contributed by atoms with Crippen LogP contribution in [0, 0.1) is 5.92 Å². The van der Waals surface area contributed by atoms with Crippen LogP contribution in [0.1, 0.15) is 13.8 Å². The summed E-state index contributed by atoms with van der Waals surface area (Å²) in [6.45, 7) is 4.26. The fraction of sp³-hybridized carbons (Fsp3) is 0.667. The van der Waals surface area contributed by atoms with E-state index in [-0.39, 0.29) is 6.61 Å². The van der Waals surface area contributed by atoms with Gasteiger partial charge in [-0.3, -0.25) is 0 Å². The lowest BCUT2D eigenvalue weighted by Gasteiger charge is -1.97. The van der Waals surface area contributed by atoms with Gasteiger partial charge in [0.15, 0.2) is 0 Å². The average Bonchev–Trinajstić information content (AvgIpc) is 1.65. The van der Waals surface area contributed by atoms with E-state index in [1.807, 2.05) is 19.9 Å². The molecule has 0 bridgehead atoms. The zero-order valence-corrected chi connectivity index (χ0v) is 7.34. The maximum atomic E-state index is 8.54. The molecule has 1 N–H and O–H groups in total. The molecule has 0 aliphatic rings. The van der Waals surface area contributed by atoms with Crippen molar-refractivity contribution in [2.45, 2.75) is 13.8 Å². The Morgan fingerprint density at radius 3 is 2.50 bits per heavy atom. The van der Waals surface area contributed by atoms with Gasteiger partial charge in [-0.05, 0) is 39.0 Å². The molecule has 1 nitrogen and oxygen atoms in total. The first-order chi connectivity index (χ1) is 3.66. The number of aliphatic hydroxyl groups is 1. The third-order valence-electron chi connectivity index (χ3n) is 0.802. The first-order valence-corrected chi connectivity index (χ1v) is 3.69. The minimum Gasteiger partial charge on any atom is -0.396 e. The van der Waals surface area contributed by atoms with Gasteiger partial charge < -0.3 is 5.11 Å². The zero-order chi connectivity index (χ0) is 6.57. The molecule has 1 unspecified atom stereocenters. The maximum Gasteiger partial charge on any atom is 0.0491 e. The summed E-state index contributed by atoms with van der Waals surface area (Å²) in [7, 11) is 0. The van der Waals surface area contributed by atoms with E-state index >= 15 is 0 Å². The van der Waals surface area contributed by atoms with Crippen LogP contribution in [0.4, 0.5) is 0 Å². The summed E-state index contributed by atoms with van der Waals surface area (Å²) in [4.78, 5) is 0. The van der Waals surface area contributed by atoms with Crippen molar-refractivity contribution in [2.75, 3.05) is 6.61 Å². The second-order valence-corrected chi connectivity index (χ2v) is 3.61. The normalized spacial score (nSPS) is 16.2. The van der Waals surface area contributed by atoms with E-state index in [2.05, 4.69) is 22.6 Å². The Labute approximate surface area is 63.9 Å². The van der Waals surface area contributed by atoms with Crippen molar-refractivity contribution in [1.29, 1.82) is 0 Å². The van der Waals surface area contributed by atoms with Crippen molar-refractivity contribution in [1.82, 2.24) is 0 Å². The summed E-state index contributed by atoms with van der Waals surface area (Å²) in [5.74, 6) is 0.312. The Morgan fingerprint density at radius 1 is 1.88 bits per heavy atom. The van der Waals surface area contributed by atoms with Crippen molar-refractivity contribution in [2.24, 2.45) is 5.92 Å². The van der Waals surface area contributed by atoms with E-state index < -0.39 is 0 Å². The van der Waals surface area contributed by atoms with Crippen LogP contribution in [0.2, 0.25) is 0 Å². The van der Waals surface area contributed by atoms with E-state index in [9.17, 15) is 0 Å². The van der Waals surface area contributed by atoms with Crippen molar-refractivity contribution >= 4 is 22.6 Å². The second kappa shape index (κ2) is 4.32. The number of hydrogen-bond acceptors (Lipinski definition) is 1. The molecule has 0 heterocycles. The smallest absolute Gasteiger partial charge is 0.0491 e. The Balaban J connectivity index is 3.51. The molecule has 48 valence electrons. The lowest BCUT2D eigenvalue weighted by Crippen LogP contribution is -1.94. The quantitative estimate of drug-likeness (QED) is 0.713. The Kier molecular flexibility index (Phi) is 4.56. The van der Waals surface area contributed by atoms with E-state index in [1.165, 1.54) is 3.58 Å². The lowest BCUT2D eigenvalue weighted by molar-refractivity contribution is 0.262. The highest BCUT2D eigenvalue weighted by atomic mass is 127. The van der Waals surface area contributed by atoms with Crippen LogP contribution < -0.4 is 0 Å². The molecule has 0 spiro atoms. The van der Waals surface area contributed by atoms with Gasteiger partial charge in [0.05, 0.1) is 0 Å². The Morgan fingerprint density at radius 2 is 2.38 bits per heavy atom. The molecule has 0 saturated carbocycles. The van der Waals surface area contributed by atoms with E-state index in [0.717, 1.165) is 0 Å². The molecule has 0 amide bonds. The number of allylic oxidation sites excluding steroid dienone is 1. The van der Waals surface area contributed by atoms with Gasteiger partial charge >= 0.3 is 0 Å². The fourth-order valence-electron chi connectivity index (χ4n) is 0.445. The topological polar surface area (TPSA) is 20.2 Å². The maximum absolute atomic E-state index is 8.54. The fourth-order valence-corrected chi connectivity index (χ4v) is 1.06. The molecule has 2 heteroatoms. The third kappa shape index (κ3) is 4.59. The molecule has 0 saturated heterocycles. The van der Waals surface area contributed by atoms with Crippen LogP contribution in [-0.2, 0) is 0 Å². The lowest BCUT2D eigenvalue weighted by atomic mass is 10.2. The molecule has 1 atom stereocenters. The van der Waals surface area contributed by atoms with Gasteiger partial charge in [-0.15, -0.1) is 0 Å². The highest BCUT2D eigenvalue weighted by Crippen LogP contribution is 2.07. The molecule has 0 radical (unpaired) electrons. The van der Waals surface area contributed by atoms with Crippen LogP contribution in [0.15, 0.2) is 9.66 Å². The largest absolute Gasteiger partial charge is 0.396 e. The van der Waals surface area contributed by atoms with Gasteiger partial charge in [0, 0.05) is 6.61 Å². The summed E-state index contributed by atoms with van der Waals surface area (Å²) >= 11 is 2.23. The molecule has 0 aromatic heterocycles. The van der Waals surface area contributed by atoms with Gasteiger partial charge in [0.25, 0.3) is 0 Å². The van der Waals surface area contributed by atoms with Crippen molar-refractivity contribution in [3.8, 4) is 0 Å². The van der Waals surface area contributed by atoms with Crippen LogP contribution in [0.3, 0.4) is 0 Å². The summed E-state index contributed by atoms with van der Waals surface area (Å²) < 4.78 is 1.24. The van der Waals surface area contributed by atoms with E-state index in [4.69, 9.17) is 5.11 Å². The van der Waals surface area contributed by atoms with Gasteiger partial charge in [-0.1, -0.05) is 13.0 Å². The molecule has 0 aromatic carbocycles. The molecule has 0 fully saturated rings. The van der Waals surface area contributed by atoms with Crippen molar-refractivity contribution in [3.63, 3.8) is 0 Å². The molecule has 0 aromatic rings. The first-order valence-electron chi connectivity index (χ1n) is 2.61. The first kappa shape index (κ1) is 8.43. The highest BCUT2D eigenvalue weighted by Gasteiger charge is 1.91. The number of rotatable bonds is 2. The van der Waals surface area contributed by atoms with Crippen molar-refractivity contribution < 1.29 is 5.11 Å². The van der Waals surface area contributed by atoms with E-state index in [1.54, 1.807) is 0 Å².